The molecule has 0 aromatic carbocycles. The van der Waals surface area contributed by atoms with Gasteiger partial charge in [-0.05, 0) is 0 Å². The molecule has 9 heavy (non-hydrogen) atoms. The fraction of sp³-hybridized carbons (Fsp3) is 0.667. The van der Waals surface area contributed by atoms with E-state index in [0.717, 1.165) is 5.75 Å². The second-order valence-electron chi connectivity index (χ2n) is 1.98. The maximum Gasteiger partial charge on any atom is 0.135 e. The molecule has 3 heteroatoms. The van der Waals surface area contributed by atoms with Crippen LogP contribution in [0.5, 0.6) is 0 Å². The molecule has 0 spiro atoms. The van der Waals surface area contributed by atoms with Crippen LogP contribution in [0.15, 0.2) is 0 Å². The molecule has 1 atom stereocenters. The Hall–Kier alpha value is -0.490. The third kappa shape index (κ3) is 1.72. The molecular weight excluding hydrogens is 134 g/mol. The third-order valence-electron chi connectivity index (χ3n) is 1.26. The van der Waals surface area contributed by atoms with Gasteiger partial charge in [-0.2, -0.15) is 5.26 Å². The number of thioether (sulfide) groups is 1. The minimum Gasteiger partial charge on any atom is -0.300 e. The van der Waals surface area contributed by atoms with Crippen molar-refractivity contribution in [3.63, 3.8) is 0 Å². The Balaban J connectivity index is 2.43. The molecule has 0 saturated carbocycles. The summed E-state index contributed by atoms with van der Waals surface area (Å²) >= 11 is 1.58. The summed E-state index contributed by atoms with van der Waals surface area (Å²) in [7, 11) is 0. The summed E-state index contributed by atoms with van der Waals surface area (Å²) in [5, 5.41) is 8.32. The first-order chi connectivity index (χ1) is 4.33. The molecule has 0 radical (unpaired) electrons. The number of carbonyl (C=O) groups is 1. The molecule has 1 aliphatic heterocycles. The maximum atomic E-state index is 10.7. The van der Waals surface area contributed by atoms with Crippen molar-refractivity contribution < 1.29 is 4.79 Å². The molecule has 1 fully saturated rings. The van der Waals surface area contributed by atoms with Crippen molar-refractivity contribution >= 4 is 17.5 Å². The molecule has 0 bridgehead atoms. The van der Waals surface area contributed by atoms with E-state index in [0.29, 0.717) is 12.8 Å². The molecule has 0 aliphatic carbocycles. The zero-order valence-corrected chi connectivity index (χ0v) is 5.78. The molecule has 2 nitrogen and oxygen atoms in total. The Kier molecular flexibility index (Phi) is 2.12. The molecule has 0 N–H and O–H groups in total. The Morgan fingerprint density at radius 3 is 3.00 bits per heavy atom. The highest BCUT2D eigenvalue weighted by Gasteiger charge is 2.18. The number of nitriles is 1. The van der Waals surface area contributed by atoms with Crippen molar-refractivity contribution in [1.82, 2.24) is 0 Å². The predicted octanol–water partition coefficient (Wildman–Crippen LogP) is 0.975. The Morgan fingerprint density at radius 2 is 2.56 bits per heavy atom. The quantitative estimate of drug-likeness (QED) is 0.504. The van der Waals surface area contributed by atoms with E-state index in [-0.39, 0.29) is 11.0 Å². The van der Waals surface area contributed by atoms with E-state index >= 15 is 0 Å². The number of ketones is 1. The fourth-order valence-electron chi connectivity index (χ4n) is 0.766. The standard InChI is InChI=1S/C6H7NOS/c7-4-6-3-5(8)1-2-9-6/h6H,1-3H2. The number of hydrogen-bond acceptors (Lipinski definition) is 3. The van der Waals surface area contributed by atoms with Gasteiger partial charge in [0.15, 0.2) is 0 Å². The summed E-state index contributed by atoms with van der Waals surface area (Å²) in [5.74, 6) is 1.07. The van der Waals surface area contributed by atoms with Crippen molar-refractivity contribution in [2.45, 2.75) is 18.1 Å². The number of rotatable bonds is 0. The van der Waals surface area contributed by atoms with E-state index in [2.05, 4.69) is 6.07 Å². The molecule has 0 amide bonds. The minimum atomic E-state index is -0.0637. The zero-order valence-electron chi connectivity index (χ0n) is 4.96. The highest BCUT2D eigenvalue weighted by molar-refractivity contribution is 8.00. The summed E-state index contributed by atoms with van der Waals surface area (Å²) in [4.78, 5) is 10.7. The average molecular weight is 141 g/mol. The van der Waals surface area contributed by atoms with Crippen molar-refractivity contribution in [1.29, 1.82) is 5.26 Å². The molecule has 1 unspecified atom stereocenters. The van der Waals surface area contributed by atoms with Crippen molar-refractivity contribution in [3.8, 4) is 6.07 Å². The lowest BCUT2D eigenvalue weighted by molar-refractivity contribution is -0.118. The lowest BCUT2D eigenvalue weighted by atomic mass is 10.2. The monoisotopic (exact) mass is 141 g/mol. The molecule has 48 valence electrons. The number of nitrogens with zero attached hydrogens (tertiary/aromatic N) is 1. The molecule has 1 heterocycles. The van der Waals surface area contributed by atoms with Crippen LogP contribution in [0.2, 0.25) is 0 Å². The van der Waals surface area contributed by atoms with Crippen LogP contribution in [0.1, 0.15) is 12.8 Å². The summed E-state index contributed by atoms with van der Waals surface area (Å²) in [6.07, 6.45) is 1.12. The van der Waals surface area contributed by atoms with Gasteiger partial charge in [-0.1, -0.05) is 0 Å². The van der Waals surface area contributed by atoms with Crippen LogP contribution in [0.3, 0.4) is 0 Å². The van der Waals surface area contributed by atoms with Gasteiger partial charge in [-0.25, -0.2) is 0 Å². The van der Waals surface area contributed by atoms with Gasteiger partial charge in [0, 0.05) is 18.6 Å². The van der Waals surface area contributed by atoms with E-state index in [1.54, 1.807) is 11.8 Å². The van der Waals surface area contributed by atoms with Crippen molar-refractivity contribution in [2.24, 2.45) is 0 Å². The first-order valence-electron chi connectivity index (χ1n) is 2.86. The smallest absolute Gasteiger partial charge is 0.135 e. The zero-order chi connectivity index (χ0) is 6.69. The van der Waals surface area contributed by atoms with Gasteiger partial charge in [-0.15, -0.1) is 11.8 Å². The predicted molar refractivity (Wildman–Crippen MR) is 36.1 cm³/mol. The lowest BCUT2D eigenvalue weighted by Crippen LogP contribution is -2.15. The third-order valence-corrected chi connectivity index (χ3v) is 2.37. The summed E-state index contributed by atoms with van der Waals surface area (Å²) in [5.41, 5.74) is 0. The number of hydrogen-bond donors (Lipinski definition) is 0. The normalized spacial score (nSPS) is 27.4. The Bertz CT molecular complexity index is 161. The van der Waals surface area contributed by atoms with Gasteiger partial charge < -0.3 is 0 Å². The molecule has 1 aliphatic rings. The van der Waals surface area contributed by atoms with E-state index < -0.39 is 0 Å². The van der Waals surface area contributed by atoms with Crippen LogP contribution in [0.25, 0.3) is 0 Å². The van der Waals surface area contributed by atoms with E-state index in [9.17, 15) is 4.79 Å². The topological polar surface area (TPSA) is 40.9 Å². The molecular formula is C6H7NOS. The average Bonchev–Trinajstić information content (AvgIpc) is 1.88. The van der Waals surface area contributed by atoms with Gasteiger partial charge in [0.05, 0.1) is 11.3 Å². The highest BCUT2D eigenvalue weighted by Crippen LogP contribution is 2.21. The summed E-state index contributed by atoms with van der Waals surface area (Å²) in [6, 6.07) is 2.08. The first-order valence-corrected chi connectivity index (χ1v) is 3.90. The largest absolute Gasteiger partial charge is 0.300 e. The Labute approximate surface area is 58.2 Å². The van der Waals surface area contributed by atoms with Gasteiger partial charge in [-0.3, -0.25) is 4.79 Å². The van der Waals surface area contributed by atoms with Crippen molar-refractivity contribution in [2.75, 3.05) is 5.75 Å². The van der Waals surface area contributed by atoms with E-state index in [1.165, 1.54) is 0 Å². The van der Waals surface area contributed by atoms with Gasteiger partial charge in [0.25, 0.3) is 0 Å². The lowest BCUT2D eigenvalue weighted by Gasteiger charge is -2.12. The minimum absolute atomic E-state index is 0.0637. The van der Waals surface area contributed by atoms with Gasteiger partial charge >= 0.3 is 0 Å². The van der Waals surface area contributed by atoms with Gasteiger partial charge in [0.2, 0.25) is 0 Å². The van der Waals surface area contributed by atoms with Crippen LogP contribution in [0.4, 0.5) is 0 Å². The van der Waals surface area contributed by atoms with Crippen LogP contribution < -0.4 is 0 Å². The maximum absolute atomic E-state index is 10.7. The van der Waals surface area contributed by atoms with Crippen LogP contribution >= 0.6 is 11.8 Å². The van der Waals surface area contributed by atoms with Crippen LogP contribution in [-0.4, -0.2) is 16.8 Å². The second-order valence-corrected chi connectivity index (χ2v) is 3.29. The Morgan fingerprint density at radius 1 is 1.78 bits per heavy atom. The van der Waals surface area contributed by atoms with Gasteiger partial charge in [0.1, 0.15) is 5.78 Å². The molecule has 1 rings (SSSR count). The molecule has 0 aromatic rings. The summed E-state index contributed by atoms with van der Waals surface area (Å²) in [6.45, 7) is 0. The van der Waals surface area contributed by atoms with E-state index in [1.807, 2.05) is 0 Å². The SMILES string of the molecule is N#CC1CC(=O)CCS1. The second kappa shape index (κ2) is 2.88. The summed E-state index contributed by atoms with van der Waals surface area (Å²) < 4.78 is 0. The first kappa shape index (κ1) is 6.63. The van der Waals surface area contributed by atoms with Crippen molar-refractivity contribution in [3.05, 3.63) is 0 Å². The van der Waals surface area contributed by atoms with Crippen LogP contribution in [-0.2, 0) is 4.79 Å². The molecule has 0 aromatic heterocycles. The highest BCUT2D eigenvalue weighted by atomic mass is 32.2. The van der Waals surface area contributed by atoms with Crippen LogP contribution in [0, 0.1) is 11.3 Å². The number of Topliss-reactive ketones (excluding diaryl/α,β-unsaturated/α-hetero) is 1. The van der Waals surface area contributed by atoms with E-state index in [4.69, 9.17) is 5.26 Å². The fourth-order valence-corrected chi connectivity index (χ4v) is 1.77. The molecule has 1 saturated heterocycles. The number of carbonyl (C=O) groups excluding carboxylic acids is 1.